The summed E-state index contributed by atoms with van der Waals surface area (Å²) in [6, 6.07) is 3.80. The Morgan fingerprint density at radius 2 is 1.71 bits per heavy atom. The number of benzene rings is 1. The molecule has 14 heavy (non-hydrogen) atoms. The van der Waals surface area contributed by atoms with Crippen molar-refractivity contribution in [2.45, 2.75) is 32.3 Å². The van der Waals surface area contributed by atoms with E-state index in [-0.39, 0.29) is 11.5 Å². The van der Waals surface area contributed by atoms with Crippen LogP contribution in [0.3, 0.4) is 0 Å². The quantitative estimate of drug-likeness (QED) is 0.795. The largest absolute Gasteiger partial charge is 0.393 e. The molecule has 0 aliphatic heterocycles. The third-order valence-electron chi connectivity index (χ3n) is 2.19. The number of halogens is 2. The smallest absolute Gasteiger partial charge is 0.129 e. The normalized spacial score (nSPS) is 15.2. The molecule has 0 aliphatic carbocycles. The first-order chi connectivity index (χ1) is 6.52. The lowest BCUT2D eigenvalue weighted by molar-refractivity contribution is 0.175. The number of hydrogen-bond donors (Lipinski definition) is 1. The second-order valence-electron chi connectivity index (χ2n) is 3.62. The van der Waals surface area contributed by atoms with Gasteiger partial charge >= 0.3 is 0 Å². The van der Waals surface area contributed by atoms with Crippen LogP contribution in [0.15, 0.2) is 18.2 Å². The second kappa shape index (κ2) is 4.51. The van der Waals surface area contributed by atoms with Gasteiger partial charge < -0.3 is 5.11 Å². The zero-order valence-corrected chi connectivity index (χ0v) is 8.30. The lowest BCUT2D eigenvalue weighted by Gasteiger charge is -2.15. The molecule has 1 nitrogen and oxygen atoms in total. The highest BCUT2D eigenvalue weighted by molar-refractivity contribution is 5.23. The number of aliphatic hydroxyl groups excluding tert-OH is 1. The predicted molar refractivity (Wildman–Crippen MR) is 51.1 cm³/mol. The van der Waals surface area contributed by atoms with Crippen molar-refractivity contribution in [1.82, 2.24) is 0 Å². The summed E-state index contributed by atoms with van der Waals surface area (Å²) in [4.78, 5) is 0. The maximum atomic E-state index is 13.2. The minimum Gasteiger partial charge on any atom is -0.393 e. The summed E-state index contributed by atoms with van der Waals surface area (Å²) in [5, 5.41) is 9.12. The van der Waals surface area contributed by atoms with Crippen LogP contribution in [0, 0.1) is 11.6 Å². The molecule has 3 heteroatoms. The van der Waals surface area contributed by atoms with E-state index >= 15 is 0 Å². The summed E-state index contributed by atoms with van der Waals surface area (Å²) >= 11 is 0. The van der Waals surface area contributed by atoms with Crippen molar-refractivity contribution >= 4 is 0 Å². The molecule has 2 unspecified atom stereocenters. The summed E-state index contributed by atoms with van der Waals surface area (Å²) < 4.78 is 26.5. The van der Waals surface area contributed by atoms with Crippen molar-refractivity contribution in [3.05, 3.63) is 35.4 Å². The average molecular weight is 200 g/mol. The third-order valence-corrected chi connectivity index (χ3v) is 2.19. The van der Waals surface area contributed by atoms with E-state index in [1.54, 1.807) is 13.8 Å². The molecule has 0 radical (unpaired) electrons. The van der Waals surface area contributed by atoms with Crippen molar-refractivity contribution < 1.29 is 13.9 Å². The minimum absolute atomic E-state index is 0.0633. The van der Waals surface area contributed by atoms with Crippen LogP contribution in [-0.2, 0) is 0 Å². The van der Waals surface area contributed by atoms with Crippen molar-refractivity contribution in [1.29, 1.82) is 0 Å². The molecular formula is C11H14F2O. The van der Waals surface area contributed by atoms with Crippen LogP contribution in [0.2, 0.25) is 0 Å². The molecule has 1 rings (SSSR count). The lowest BCUT2D eigenvalue weighted by Crippen LogP contribution is -2.09. The van der Waals surface area contributed by atoms with Gasteiger partial charge in [0.2, 0.25) is 0 Å². The van der Waals surface area contributed by atoms with E-state index in [2.05, 4.69) is 0 Å². The van der Waals surface area contributed by atoms with Gasteiger partial charge in [-0.15, -0.1) is 0 Å². The molecule has 2 atom stereocenters. The summed E-state index contributed by atoms with van der Waals surface area (Å²) in [7, 11) is 0. The second-order valence-corrected chi connectivity index (χ2v) is 3.62. The Labute approximate surface area is 82.4 Å². The van der Waals surface area contributed by atoms with Crippen LogP contribution in [0.4, 0.5) is 8.78 Å². The van der Waals surface area contributed by atoms with Crippen molar-refractivity contribution in [2.24, 2.45) is 0 Å². The van der Waals surface area contributed by atoms with E-state index in [9.17, 15) is 8.78 Å². The van der Waals surface area contributed by atoms with Crippen molar-refractivity contribution in [2.75, 3.05) is 0 Å². The number of aliphatic hydroxyl groups is 1. The van der Waals surface area contributed by atoms with Gasteiger partial charge in [-0.25, -0.2) is 8.78 Å². The van der Waals surface area contributed by atoms with Gasteiger partial charge in [0.15, 0.2) is 0 Å². The molecule has 1 aromatic carbocycles. The standard InChI is InChI=1S/C11H14F2O/c1-7(6-8(2)14)11-9(12)4-3-5-10(11)13/h3-5,7-8,14H,6H2,1-2H3. The molecule has 0 aromatic heterocycles. The monoisotopic (exact) mass is 200 g/mol. The van der Waals surface area contributed by atoms with E-state index in [0.29, 0.717) is 6.42 Å². The minimum atomic E-state index is -0.552. The average Bonchev–Trinajstić information content (AvgIpc) is 2.01. The van der Waals surface area contributed by atoms with Gasteiger partial charge in [-0.05, 0) is 31.4 Å². The highest BCUT2D eigenvalue weighted by atomic mass is 19.1. The molecular weight excluding hydrogens is 186 g/mol. The molecule has 0 fully saturated rings. The van der Waals surface area contributed by atoms with Gasteiger partial charge in [0.25, 0.3) is 0 Å². The predicted octanol–water partition coefficient (Wildman–Crippen LogP) is 2.84. The van der Waals surface area contributed by atoms with Gasteiger partial charge in [0.1, 0.15) is 11.6 Å². The summed E-state index contributed by atoms with van der Waals surface area (Å²) in [5.41, 5.74) is 0.0633. The van der Waals surface area contributed by atoms with Crippen molar-refractivity contribution in [3.8, 4) is 0 Å². The summed E-state index contributed by atoms with van der Waals surface area (Å²) in [5.74, 6) is -1.40. The topological polar surface area (TPSA) is 20.2 Å². The van der Waals surface area contributed by atoms with Crippen LogP contribution < -0.4 is 0 Å². The molecule has 1 N–H and O–H groups in total. The fourth-order valence-electron chi connectivity index (χ4n) is 1.61. The first kappa shape index (κ1) is 11.1. The Balaban J connectivity index is 2.94. The zero-order chi connectivity index (χ0) is 10.7. The first-order valence-electron chi connectivity index (χ1n) is 4.64. The summed E-state index contributed by atoms with van der Waals surface area (Å²) in [6.07, 6.45) is -0.193. The Morgan fingerprint density at radius 3 is 2.14 bits per heavy atom. The van der Waals surface area contributed by atoms with E-state index in [1.165, 1.54) is 18.2 Å². The Kier molecular flexibility index (Phi) is 3.58. The van der Waals surface area contributed by atoms with E-state index in [1.807, 2.05) is 0 Å². The molecule has 0 aliphatic rings. The molecule has 0 spiro atoms. The first-order valence-corrected chi connectivity index (χ1v) is 4.64. The molecule has 1 aromatic rings. The van der Waals surface area contributed by atoms with E-state index in [4.69, 9.17) is 5.11 Å². The molecule has 0 amide bonds. The molecule has 0 heterocycles. The maximum absolute atomic E-state index is 13.2. The van der Waals surface area contributed by atoms with Gasteiger partial charge in [-0.2, -0.15) is 0 Å². The van der Waals surface area contributed by atoms with Gasteiger partial charge in [0, 0.05) is 5.56 Å². The third kappa shape index (κ3) is 2.51. The number of hydrogen-bond acceptors (Lipinski definition) is 1. The summed E-state index contributed by atoms with van der Waals surface area (Å²) in [6.45, 7) is 3.31. The zero-order valence-electron chi connectivity index (χ0n) is 8.30. The fraction of sp³-hybridized carbons (Fsp3) is 0.455. The molecule has 0 bridgehead atoms. The van der Waals surface area contributed by atoms with Crippen LogP contribution in [-0.4, -0.2) is 11.2 Å². The molecule has 0 saturated heterocycles. The van der Waals surface area contributed by atoms with Gasteiger partial charge in [0.05, 0.1) is 6.10 Å². The molecule has 0 saturated carbocycles. The van der Waals surface area contributed by atoms with Crippen LogP contribution in [0.25, 0.3) is 0 Å². The Morgan fingerprint density at radius 1 is 1.21 bits per heavy atom. The highest BCUT2D eigenvalue weighted by Gasteiger charge is 2.17. The van der Waals surface area contributed by atoms with E-state index in [0.717, 1.165) is 0 Å². The van der Waals surface area contributed by atoms with E-state index < -0.39 is 17.7 Å². The Bertz CT molecular complexity index is 290. The van der Waals surface area contributed by atoms with Crippen molar-refractivity contribution in [3.63, 3.8) is 0 Å². The Hall–Kier alpha value is -0.960. The van der Waals surface area contributed by atoms with Crippen LogP contribution in [0.1, 0.15) is 31.7 Å². The lowest BCUT2D eigenvalue weighted by atomic mass is 9.94. The van der Waals surface area contributed by atoms with Crippen LogP contribution >= 0.6 is 0 Å². The van der Waals surface area contributed by atoms with Gasteiger partial charge in [-0.3, -0.25) is 0 Å². The molecule has 78 valence electrons. The number of rotatable bonds is 3. The highest BCUT2D eigenvalue weighted by Crippen LogP contribution is 2.25. The fourth-order valence-corrected chi connectivity index (χ4v) is 1.61. The SMILES string of the molecule is CC(O)CC(C)c1c(F)cccc1F. The maximum Gasteiger partial charge on any atom is 0.129 e. The van der Waals surface area contributed by atoms with Gasteiger partial charge in [-0.1, -0.05) is 13.0 Å². The van der Waals surface area contributed by atoms with Crippen LogP contribution in [0.5, 0.6) is 0 Å².